The third kappa shape index (κ3) is 4.52. The molecule has 3 rings (SSSR count). The van der Waals surface area contributed by atoms with Crippen LogP contribution < -0.4 is 4.74 Å². The minimum atomic E-state index is -4.51. The molecule has 0 radical (unpaired) electrons. The summed E-state index contributed by atoms with van der Waals surface area (Å²) in [5, 5.41) is 1.91. The Balaban J connectivity index is 1.85. The number of methoxy groups -OCH3 is 1. The molecule has 1 aromatic carbocycles. The largest absolute Gasteiger partial charge is 0.497 e. The van der Waals surface area contributed by atoms with Gasteiger partial charge in [-0.25, -0.2) is 9.97 Å². The van der Waals surface area contributed by atoms with Crippen molar-refractivity contribution in [1.82, 2.24) is 9.97 Å². The summed E-state index contributed by atoms with van der Waals surface area (Å²) in [4.78, 5) is 8.63. The first-order chi connectivity index (χ1) is 12.0. The zero-order chi connectivity index (χ0) is 17.9. The summed E-state index contributed by atoms with van der Waals surface area (Å²) in [7, 11) is 1.58. The number of alkyl halides is 3. The maximum absolute atomic E-state index is 13.1. The molecule has 8 heteroatoms. The van der Waals surface area contributed by atoms with E-state index < -0.39 is 11.9 Å². The molecular weight excluding hydrogens is 369 g/mol. The first-order valence-electron chi connectivity index (χ1n) is 7.21. The van der Waals surface area contributed by atoms with Gasteiger partial charge in [0.1, 0.15) is 11.4 Å². The third-order valence-corrected chi connectivity index (χ3v) is 5.11. The lowest BCUT2D eigenvalue weighted by Gasteiger charge is -2.10. The summed E-state index contributed by atoms with van der Waals surface area (Å²) in [6.45, 7) is 0. The summed E-state index contributed by atoms with van der Waals surface area (Å²) >= 11 is 2.51. The first kappa shape index (κ1) is 17.8. The number of rotatable bonds is 5. The molecule has 0 bridgehead atoms. The van der Waals surface area contributed by atoms with Crippen LogP contribution in [0.25, 0.3) is 10.6 Å². The molecule has 0 saturated heterocycles. The van der Waals surface area contributed by atoms with Gasteiger partial charge in [0.2, 0.25) is 0 Å². The first-order valence-corrected chi connectivity index (χ1v) is 9.08. The van der Waals surface area contributed by atoms with Crippen LogP contribution in [0.4, 0.5) is 13.2 Å². The number of hydrogen-bond donors (Lipinski definition) is 0. The predicted molar refractivity (Wildman–Crippen MR) is 92.9 cm³/mol. The Morgan fingerprint density at radius 2 is 1.88 bits per heavy atom. The van der Waals surface area contributed by atoms with Gasteiger partial charge in [-0.05, 0) is 35.2 Å². The van der Waals surface area contributed by atoms with E-state index in [-0.39, 0.29) is 10.9 Å². The Bertz CT molecular complexity index is 834. The molecule has 3 aromatic rings. The van der Waals surface area contributed by atoms with Crippen molar-refractivity contribution < 1.29 is 17.9 Å². The van der Waals surface area contributed by atoms with Gasteiger partial charge in [0.15, 0.2) is 5.16 Å². The van der Waals surface area contributed by atoms with E-state index in [0.717, 1.165) is 17.4 Å². The number of thioether (sulfide) groups is 1. The maximum atomic E-state index is 13.1. The summed E-state index contributed by atoms with van der Waals surface area (Å²) < 4.78 is 44.5. The number of hydrogen-bond acceptors (Lipinski definition) is 5. The zero-order valence-corrected chi connectivity index (χ0v) is 14.7. The van der Waals surface area contributed by atoms with Gasteiger partial charge in [-0.15, -0.1) is 11.3 Å². The van der Waals surface area contributed by atoms with Crippen LogP contribution in [0, 0.1) is 0 Å². The molecule has 2 heterocycles. The normalized spacial score (nSPS) is 11.5. The molecule has 0 spiro atoms. The van der Waals surface area contributed by atoms with Gasteiger partial charge in [-0.3, -0.25) is 0 Å². The average Bonchev–Trinajstić information content (AvgIpc) is 3.14. The summed E-state index contributed by atoms with van der Waals surface area (Å²) in [5.41, 5.74) is 0.308. The van der Waals surface area contributed by atoms with E-state index in [2.05, 4.69) is 9.97 Å². The molecule has 0 N–H and O–H groups in total. The van der Waals surface area contributed by atoms with Crippen molar-refractivity contribution >= 4 is 23.1 Å². The number of benzene rings is 1. The third-order valence-electron chi connectivity index (χ3n) is 3.30. The number of halogens is 3. The Morgan fingerprint density at radius 3 is 2.48 bits per heavy atom. The summed E-state index contributed by atoms with van der Waals surface area (Å²) in [6.07, 6.45) is -4.51. The number of thiophene rings is 1. The van der Waals surface area contributed by atoms with E-state index in [0.29, 0.717) is 10.6 Å². The van der Waals surface area contributed by atoms with Gasteiger partial charge in [-0.2, -0.15) is 13.2 Å². The predicted octanol–water partition coefficient (Wildman–Crippen LogP) is 5.52. The highest BCUT2D eigenvalue weighted by Gasteiger charge is 2.34. The van der Waals surface area contributed by atoms with Crippen LogP contribution in [0.15, 0.2) is 53.0 Å². The molecular formula is C17H13F3N2OS2. The lowest BCUT2D eigenvalue weighted by atomic mass is 10.2. The van der Waals surface area contributed by atoms with Crippen molar-refractivity contribution in [3.8, 4) is 16.3 Å². The van der Waals surface area contributed by atoms with E-state index in [4.69, 9.17) is 4.74 Å². The molecule has 0 fully saturated rings. The van der Waals surface area contributed by atoms with Crippen LogP contribution >= 0.6 is 23.1 Å². The highest BCUT2D eigenvalue weighted by atomic mass is 32.2. The monoisotopic (exact) mass is 382 g/mol. The molecule has 130 valence electrons. The van der Waals surface area contributed by atoms with E-state index in [9.17, 15) is 13.2 Å². The zero-order valence-electron chi connectivity index (χ0n) is 13.1. The molecule has 0 amide bonds. The van der Waals surface area contributed by atoms with Crippen molar-refractivity contribution in [1.29, 1.82) is 0 Å². The molecule has 0 atom stereocenters. The van der Waals surface area contributed by atoms with Crippen LogP contribution in [0.5, 0.6) is 5.75 Å². The van der Waals surface area contributed by atoms with Crippen LogP contribution in [0.2, 0.25) is 0 Å². The standard InChI is InChI=1S/C17H13F3N2OS2/c1-23-12-6-4-11(5-7-12)10-25-16-21-13(14-3-2-8-24-14)9-15(22-16)17(18,19)20/h2-9H,10H2,1H3. The van der Waals surface area contributed by atoms with Gasteiger partial charge >= 0.3 is 6.18 Å². The van der Waals surface area contributed by atoms with E-state index >= 15 is 0 Å². The van der Waals surface area contributed by atoms with Crippen molar-refractivity contribution in [3.05, 3.63) is 59.1 Å². The minimum Gasteiger partial charge on any atom is -0.497 e. The fourth-order valence-electron chi connectivity index (χ4n) is 2.06. The SMILES string of the molecule is COc1ccc(CSc2nc(-c3cccs3)cc(C(F)(F)F)n2)cc1. The van der Waals surface area contributed by atoms with E-state index in [1.54, 1.807) is 36.8 Å². The second-order valence-corrected chi connectivity index (χ2v) is 6.92. The van der Waals surface area contributed by atoms with Gasteiger partial charge in [-0.1, -0.05) is 30.0 Å². The molecule has 0 unspecified atom stereocenters. The van der Waals surface area contributed by atoms with Gasteiger partial charge < -0.3 is 4.74 Å². The highest BCUT2D eigenvalue weighted by Crippen LogP contribution is 2.33. The van der Waals surface area contributed by atoms with Crippen LogP contribution in [-0.2, 0) is 11.9 Å². The minimum absolute atomic E-state index is 0.106. The van der Waals surface area contributed by atoms with Crippen molar-refractivity contribution in [2.45, 2.75) is 17.1 Å². The highest BCUT2D eigenvalue weighted by molar-refractivity contribution is 7.98. The quantitative estimate of drug-likeness (QED) is 0.430. The Hall–Kier alpha value is -2.06. The fraction of sp³-hybridized carbons (Fsp3) is 0.176. The summed E-state index contributed by atoms with van der Waals surface area (Å²) in [5.74, 6) is 1.19. The van der Waals surface area contributed by atoms with Gasteiger partial charge in [0, 0.05) is 5.75 Å². The Labute approximate surface area is 150 Å². The molecule has 0 aliphatic rings. The molecule has 0 aliphatic heterocycles. The lowest BCUT2D eigenvalue weighted by molar-refractivity contribution is -0.141. The average molecular weight is 382 g/mol. The number of nitrogens with zero attached hydrogens (tertiary/aromatic N) is 2. The Morgan fingerprint density at radius 1 is 1.12 bits per heavy atom. The molecule has 3 nitrogen and oxygen atoms in total. The number of aromatic nitrogens is 2. The van der Waals surface area contributed by atoms with E-state index in [1.807, 2.05) is 12.1 Å². The molecule has 0 aliphatic carbocycles. The summed E-state index contributed by atoms with van der Waals surface area (Å²) in [6, 6.07) is 11.8. The topological polar surface area (TPSA) is 35.0 Å². The molecule has 0 saturated carbocycles. The molecule has 25 heavy (non-hydrogen) atoms. The Kier molecular flexibility index (Phi) is 5.29. The number of ether oxygens (including phenoxy) is 1. The lowest BCUT2D eigenvalue weighted by Crippen LogP contribution is -2.10. The van der Waals surface area contributed by atoms with Crippen LogP contribution in [0.3, 0.4) is 0 Å². The maximum Gasteiger partial charge on any atom is 0.433 e. The second-order valence-electron chi connectivity index (χ2n) is 5.03. The van der Waals surface area contributed by atoms with Gasteiger partial charge in [0.05, 0.1) is 17.7 Å². The second kappa shape index (κ2) is 7.45. The van der Waals surface area contributed by atoms with Crippen molar-refractivity contribution in [2.75, 3.05) is 7.11 Å². The van der Waals surface area contributed by atoms with Crippen molar-refractivity contribution in [2.24, 2.45) is 0 Å². The van der Waals surface area contributed by atoms with Crippen LogP contribution in [0.1, 0.15) is 11.3 Å². The van der Waals surface area contributed by atoms with Crippen molar-refractivity contribution in [3.63, 3.8) is 0 Å². The van der Waals surface area contributed by atoms with E-state index in [1.165, 1.54) is 23.1 Å². The van der Waals surface area contributed by atoms with Crippen LogP contribution in [-0.4, -0.2) is 17.1 Å². The smallest absolute Gasteiger partial charge is 0.433 e. The van der Waals surface area contributed by atoms with Gasteiger partial charge in [0.25, 0.3) is 0 Å². The fourth-order valence-corrected chi connectivity index (χ4v) is 3.56. The molecule has 2 aromatic heterocycles.